The number of hydrogen-bond acceptors (Lipinski definition) is 17. The maximum Gasteiger partial charge on any atom is 0.573 e. The fourth-order valence-corrected chi connectivity index (χ4v) is 16.6. The number of morpholine rings is 1. The Morgan fingerprint density at radius 1 is 0.479 bits per heavy atom. The number of rotatable bonds is 16. The summed E-state index contributed by atoms with van der Waals surface area (Å²) >= 11 is 0. The monoisotopic (exact) mass is 1350 g/mol. The summed E-state index contributed by atoms with van der Waals surface area (Å²) in [4.78, 5) is 19.1. The van der Waals surface area contributed by atoms with Crippen LogP contribution in [0.25, 0.3) is 33.8 Å². The number of alkyl halides is 9. The number of nitrogens with zero attached hydrogens (tertiary/aromatic N) is 12. The zero-order valence-electron chi connectivity index (χ0n) is 55.3. The largest absolute Gasteiger partial charge is 0.573 e. The maximum absolute atomic E-state index is 13.3. The molecule has 29 heteroatoms. The number of halogens is 9. The van der Waals surface area contributed by atoms with Gasteiger partial charge in [0, 0.05) is 119 Å². The summed E-state index contributed by atoms with van der Waals surface area (Å²) in [7, 11) is 4.39. The Morgan fingerprint density at radius 2 is 0.833 bits per heavy atom. The highest BCUT2D eigenvalue weighted by Gasteiger charge is 2.61. The Kier molecular flexibility index (Phi) is 18.2. The van der Waals surface area contributed by atoms with Crippen LogP contribution in [0.15, 0.2) is 55.0 Å². The lowest BCUT2D eigenvalue weighted by Crippen LogP contribution is -2.51. The summed E-state index contributed by atoms with van der Waals surface area (Å²) in [5.41, 5.74) is 22.1. The number of likely N-dealkylation sites (N-methyl/N-ethyl adjacent to an activating group) is 2. The molecule has 15 rings (SSSR count). The van der Waals surface area contributed by atoms with E-state index in [0.29, 0.717) is 123 Å². The summed E-state index contributed by atoms with van der Waals surface area (Å²) in [6.45, 7) is 20.5. The van der Waals surface area contributed by atoms with E-state index >= 15 is 0 Å². The van der Waals surface area contributed by atoms with E-state index in [-0.39, 0.29) is 29.8 Å². The molecule has 0 aromatic carbocycles. The van der Waals surface area contributed by atoms with Crippen LogP contribution in [-0.4, -0.2) is 168 Å². The Balaban J connectivity index is 0.000000130. The van der Waals surface area contributed by atoms with Crippen LogP contribution in [0.5, 0.6) is 11.5 Å². The number of pyridine rings is 3. The molecule has 9 heterocycles. The summed E-state index contributed by atoms with van der Waals surface area (Å²) in [6, 6.07) is 13.2. The molecule has 6 N–H and O–H groups in total. The molecule has 6 aromatic heterocycles. The first-order valence-electron chi connectivity index (χ1n) is 33.5. The fraction of sp³-hybridized carbons (Fsp3) is 0.642. The Bertz CT molecular complexity index is 3580. The van der Waals surface area contributed by atoms with Crippen LogP contribution in [-0.2, 0) is 20.4 Å². The molecule has 20 nitrogen and oxygen atoms in total. The van der Waals surface area contributed by atoms with Gasteiger partial charge in [0.05, 0.1) is 74.4 Å². The van der Waals surface area contributed by atoms with Crippen molar-refractivity contribution in [3.63, 3.8) is 0 Å². The molecule has 3 aliphatic heterocycles. The predicted molar refractivity (Wildman–Crippen MR) is 339 cm³/mol. The van der Waals surface area contributed by atoms with Crippen LogP contribution in [0.2, 0.25) is 0 Å². The van der Waals surface area contributed by atoms with E-state index in [1.165, 1.54) is 43.6 Å². The van der Waals surface area contributed by atoms with Gasteiger partial charge in [-0.05, 0) is 173 Å². The molecular formula is C67H86F9N15O5. The van der Waals surface area contributed by atoms with Crippen LogP contribution in [0.1, 0.15) is 146 Å². The lowest BCUT2D eigenvalue weighted by molar-refractivity contribution is -0.275. The lowest BCUT2D eigenvalue weighted by Gasteiger charge is -2.39. The number of ether oxygens (including phenoxy) is 5. The van der Waals surface area contributed by atoms with Gasteiger partial charge in [0.15, 0.2) is 23.1 Å². The highest BCUT2D eigenvalue weighted by atomic mass is 19.4. The second kappa shape index (κ2) is 25.8. The molecule has 9 fully saturated rings. The Hall–Kier alpha value is -6.79. The highest BCUT2D eigenvalue weighted by molar-refractivity contribution is 5.66. The van der Waals surface area contributed by atoms with Crippen molar-refractivity contribution in [2.75, 3.05) is 77.5 Å². The molecule has 0 spiro atoms. The van der Waals surface area contributed by atoms with Gasteiger partial charge in [-0.3, -0.25) is 28.7 Å². The molecule has 0 amide bonds. The van der Waals surface area contributed by atoms with Gasteiger partial charge in [-0.1, -0.05) is 0 Å². The number of anilines is 3. The first kappa shape index (κ1) is 67.8. The molecule has 6 aromatic rings. The molecule has 6 unspecified atom stereocenters. The minimum absolute atomic E-state index is 0.124. The van der Waals surface area contributed by atoms with E-state index in [9.17, 15) is 39.5 Å². The molecule has 0 radical (unpaired) electrons. The average molecular weight is 1350 g/mol. The quantitative estimate of drug-likeness (QED) is 0.0766. The second-order valence-electron chi connectivity index (χ2n) is 28.8. The number of hydrogen-bond donors (Lipinski definition) is 3. The van der Waals surface area contributed by atoms with Crippen molar-refractivity contribution >= 4 is 17.5 Å². The molecular weight excluding hydrogens is 1270 g/mol. The number of aromatic nitrogens is 9. The van der Waals surface area contributed by atoms with Crippen molar-refractivity contribution in [3.8, 4) is 45.3 Å². The first-order valence-corrected chi connectivity index (χ1v) is 33.5. The molecule has 6 aliphatic carbocycles. The molecule has 522 valence electrons. The molecule has 3 saturated heterocycles. The number of nitrogens with two attached hydrogens (primary N) is 3. The average Bonchev–Trinajstić information content (AvgIpc) is 1.57. The minimum Gasteiger partial charge on any atom is -0.402 e. The second-order valence-corrected chi connectivity index (χ2v) is 28.8. The fourth-order valence-electron chi connectivity index (χ4n) is 16.6. The van der Waals surface area contributed by atoms with Crippen LogP contribution in [0, 0.1) is 35.5 Å². The summed E-state index contributed by atoms with van der Waals surface area (Å²) in [5.74, 6) is 2.89. The minimum atomic E-state index is -4.84. The van der Waals surface area contributed by atoms with Gasteiger partial charge in [-0.25, -0.2) is 15.0 Å². The highest BCUT2D eigenvalue weighted by Crippen LogP contribution is 2.67. The number of nitrogen functional groups attached to an aromatic ring is 3. The van der Waals surface area contributed by atoms with Gasteiger partial charge in [0.2, 0.25) is 0 Å². The summed E-state index contributed by atoms with van der Waals surface area (Å²) in [5, 5.41) is 14.1. The smallest absolute Gasteiger partial charge is 0.402 e. The van der Waals surface area contributed by atoms with Gasteiger partial charge in [-0.15, -0.1) is 26.3 Å². The van der Waals surface area contributed by atoms with E-state index in [0.717, 1.165) is 95.0 Å². The Morgan fingerprint density at radius 3 is 1.16 bits per heavy atom. The van der Waals surface area contributed by atoms with Crippen LogP contribution in [0.3, 0.4) is 0 Å². The Labute approximate surface area is 551 Å². The first-order chi connectivity index (χ1) is 45.4. The lowest BCUT2D eigenvalue weighted by atomic mass is 10.0. The van der Waals surface area contributed by atoms with Crippen molar-refractivity contribution in [2.45, 2.75) is 178 Å². The van der Waals surface area contributed by atoms with Crippen molar-refractivity contribution in [2.24, 2.45) is 35.5 Å². The molecule has 0 bridgehead atoms. The molecule has 13 atom stereocenters. The van der Waals surface area contributed by atoms with E-state index in [1.807, 2.05) is 32.2 Å². The van der Waals surface area contributed by atoms with Gasteiger partial charge < -0.3 is 40.9 Å². The van der Waals surface area contributed by atoms with Gasteiger partial charge >= 0.3 is 18.9 Å². The summed E-state index contributed by atoms with van der Waals surface area (Å²) in [6.07, 6.45) is -2.98. The molecule has 6 saturated carbocycles. The van der Waals surface area contributed by atoms with Crippen molar-refractivity contribution in [1.29, 1.82) is 0 Å². The zero-order valence-corrected chi connectivity index (χ0v) is 55.3. The summed E-state index contributed by atoms with van der Waals surface area (Å²) < 4.78 is 146. The van der Waals surface area contributed by atoms with Gasteiger partial charge in [0.25, 0.3) is 0 Å². The van der Waals surface area contributed by atoms with Gasteiger partial charge in [-0.2, -0.15) is 28.5 Å². The number of fused-ring (bicyclic) bond motifs is 3. The van der Waals surface area contributed by atoms with Crippen molar-refractivity contribution in [1.82, 2.24) is 59.0 Å². The van der Waals surface area contributed by atoms with Crippen LogP contribution < -0.4 is 26.7 Å². The van der Waals surface area contributed by atoms with E-state index in [2.05, 4.69) is 107 Å². The SMILES string of the molecule is CC(C)n1nc(-c2cnc(N)c(C(F)(F)F)c2)cc1C1[C@H]2CC(N3CCOC[C@H]3C)C[C@@H]12.CC(C)n1nc(-c2cnc(N)c(OC(F)(F)F)c2)cc1C1[C@H]2CC(N(C)C3COC3)C[C@@H]12.CC(C)n1nc(-c2cnc(N)c(OC(F)(F)F)c2)cc1C1[C@H]2CC(N(C)C3COC3)C[C@@H]12. The third-order valence-corrected chi connectivity index (χ3v) is 21.8. The van der Waals surface area contributed by atoms with Gasteiger partial charge in [0.1, 0.15) is 5.82 Å². The van der Waals surface area contributed by atoms with Crippen molar-refractivity contribution in [3.05, 3.63) is 77.6 Å². The third-order valence-electron chi connectivity index (χ3n) is 21.8. The molecule has 96 heavy (non-hydrogen) atoms. The standard InChI is InChI=1S/C23H30F3N5O.2C22H28F3N5O2/c1-12(2)31-20(9-19(29-31)14-6-18(23(24,25)26)22(27)28-10-14)21-16-7-15(8-17(16)21)30-4-5-32-11-13(30)3;2*1-11(2)30-18(20-15-5-13(6-16(15)20)29(3)14-9-31-10-14)7-17(28-30)12-4-19(21(26)27-8-12)32-22(23,24)25/h6,9-10,12-13,15-17,21H,4-5,7-8,11H2,1-3H3,(H2,27,28);2*4,7-8,11,13-16,20H,5-6,9-10H2,1-3H3,(H2,26,27)/t13-,15?,16-,17+,21?;2*13?,15-,16+,20?/m1../s1. The van der Waals surface area contributed by atoms with E-state index < -0.39 is 41.8 Å². The van der Waals surface area contributed by atoms with E-state index in [4.69, 9.17) is 41.6 Å². The van der Waals surface area contributed by atoms with E-state index in [1.54, 1.807) is 0 Å². The third kappa shape index (κ3) is 13.7. The maximum atomic E-state index is 13.3. The normalized spacial score (nSPS) is 28.6. The molecule has 9 aliphatic rings. The van der Waals surface area contributed by atoms with Crippen molar-refractivity contribution < 1.29 is 63.2 Å². The zero-order chi connectivity index (χ0) is 68.4. The topological polar surface area (TPSA) is 226 Å². The predicted octanol–water partition coefficient (Wildman–Crippen LogP) is 12.0. The van der Waals surface area contributed by atoms with Crippen LogP contribution in [0.4, 0.5) is 57.0 Å². The van der Waals surface area contributed by atoms with Crippen LogP contribution >= 0.6 is 0 Å².